The first-order chi connectivity index (χ1) is 8.50. The van der Waals surface area contributed by atoms with Gasteiger partial charge in [0.1, 0.15) is 0 Å². The summed E-state index contributed by atoms with van der Waals surface area (Å²) in [6.07, 6.45) is 6.31. The van der Waals surface area contributed by atoms with Crippen molar-refractivity contribution >= 4 is 21.9 Å². The van der Waals surface area contributed by atoms with Gasteiger partial charge in [-0.3, -0.25) is 0 Å². The average Bonchev–Trinajstić information content (AvgIpc) is 2.38. The van der Waals surface area contributed by atoms with Crippen LogP contribution >= 0.6 is 15.9 Å². The molecule has 2 rings (SSSR count). The van der Waals surface area contributed by atoms with Gasteiger partial charge >= 0.3 is 0 Å². The molecule has 1 fully saturated rings. The Bertz CT molecular complexity index is 375. The van der Waals surface area contributed by atoms with Crippen molar-refractivity contribution in [2.24, 2.45) is 11.3 Å². The van der Waals surface area contributed by atoms with E-state index < -0.39 is 0 Å². The number of nitrogens with zero attached hydrogens (tertiary/aromatic N) is 3. The van der Waals surface area contributed by atoms with Gasteiger partial charge in [0.2, 0.25) is 5.95 Å². The van der Waals surface area contributed by atoms with Crippen LogP contribution < -0.4 is 4.90 Å². The summed E-state index contributed by atoms with van der Waals surface area (Å²) in [5.74, 6) is 1.70. The van der Waals surface area contributed by atoms with Gasteiger partial charge in [-0.15, -0.1) is 0 Å². The van der Waals surface area contributed by atoms with E-state index in [2.05, 4.69) is 51.6 Å². The van der Waals surface area contributed by atoms with Gasteiger partial charge in [-0.25, -0.2) is 9.97 Å². The number of hydrogen-bond acceptors (Lipinski definition) is 3. The summed E-state index contributed by atoms with van der Waals surface area (Å²) < 4.78 is 0. The van der Waals surface area contributed by atoms with Crippen LogP contribution in [0.2, 0.25) is 0 Å². The molecular weight excluding hydrogens is 290 g/mol. The Morgan fingerprint density at radius 3 is 2.22 bits per heavy atom. The van der Waals surface area contributed by atoms with Crippen LogP contribution in [0, 0.1) is 11.3 Å². The third-order valence-corrected chi connectivity index (χ3v) is 4.50. The molecule has 0 unspecified atom stereocenters. The highest BCUT2D eigenvalue weighted by molar-refractivity contribution is 9.08. The number of rotatable bonds is 2. The molecular formula is C14H22BrN3. The van der Waals surface area contributed by atoms with E-state index in [1.54, 1.807) is 0 Å². The van der Waals surface area contributed by atoms with Crippen LogP contribution in [0.15, 0.2) is 12.4 Å². The maximum Gasteiger partial charge on any atom is 0.225 e. The van der Waals surface area contributed by atoms with E-state index in [1.165, 1.54) is 12.8 Å². The van der Waals surface area contributed by atoms with E-state index in [1.807, 2.05) is 12.4 Å². The van der Waals surface area contributed by atoms with Crippen LogP contribution in [-0.2, 0) is 5.33 Å². The van der Waals surface area contributed by atoms with Gasteiger partial charge < -0.3 is 4.90 Å². The summed E-state index contributed by atoms with van der Waals surface area (Å²) in [5.41, 5.74) is 1.55. The fourth-order valence-electron chi connectivity index (χ4n) is 2.53. The number of piperidine rings is 1. The largest absolute Gasteiger partial charge is 0.341 e. The summed E-state index contributed by atoms with van der Waals surface area (Å²) in [7, 11) is 0. The van der Waals surface area contributed by atoms with Gasteiger partial charge in [-0.1, -0.05) is 36.7 Å². The van der Waals surface area contributed by atoms with Gasteiger partial charge in [0.25, 0.3) is 0 Å². The predicted molar refractivity (Wildman–Crippen MR) is 79.1 cm³/mol. The van der Waals surface area contributed by atoms with Gasteiger partial charge in [0.05, 0.1) is 0 Å². The van der Waals surface area contributed by atoms with Crippen LogP contribution in [0.1, 0.15) is 39.2 Å². The van der Waals surface area contributed by atoms with E-state index in [0.29, 0.717) is 5.41 Å². The molecule has 0 bridgehead atoms. The highest BCUT2D eigenvalue weighted by Gasteiger charge is 2.29. The van der Waals surface area contributed by atoms with Gasteiger partial charge in [0.15, 0.2) is 0 Å². The maximum atomic E-state index is 4.45. The molecule has 100 valence electrons. The number of aromatic nitrogens is 2. The lowest BCUT2D eigenvalue weighted by molar-refractivity contribution is 0.198. The third kappa shape index (κ3) is 3.22. The normalized spacial score (nSPS) is 18.1. The Balaban J connectivity index is 1.96. The molecule has 0 radical (unpaired) electrons. The molecule has 0 aromatic carbocycles. The van der Waals surface area contributed by atoms with Crippen LogP contribution in [0.3, 0.4) is 0 Å². The van der Waals surface area contributed by atoms with Crippen LogP contribution in [-0.4, -0.2) is 23.1 Å². The minimum Gasteiger partial charge on any atom is -0.341 e. The summed E-state index contributed by atoms with van der Waals surface area (Å²) in [4.78, 5) is 11.2. The Labute approximate surface area is 118 Å². The molecule has 1 aliphatic heterocycles. The molecule has 2 heterocycles. The Kier molecular flexibility index (Phi) is 4.25. The van der Waals surface area contributed by atoms with Gasteiger partial charge in [-0.05, 0) is 29.7 Å². The molecule has 3 nitrogen and oxygen atoms in total. The van der Waals surface area contributed by atoms with Crippen molar-refractivity contribution in [2.45, 2.75) is 38.9 Å². The predicted octanol–water partition coefficient (Wildman–Crippen LogP) is 3.63. The van der Waals surface area contributed by atoms with Crippen molar-refractivity contribution < 1.29 is 0 Å². The highest BCUT2D eigenvalue weighted by atomic mass is 79.9. The Morgan fingerprint density at radius 1 is 1.22 bits per heavy atom. The molecule has 1 aromatic rings. The van der Waals surface area contributed by atoms with Crippen molar-refractivity contribution in [3.63, 3.8) is 0 Å². The van der Waals surface area contributed by atoms with Gasteiger partial charge in [0, 0.05) is 30.8 Å². The fourth-order valence-corrected chi connectivity index (χ4v) is 2.82. The lowest BCUT2D eigenvalue weighted by Gasteiger charge is -2.38. The molecule has 0 amide bonds. The van der Waals surface area contributed by atoms with Crippen molar-refractivity contribution in [3.05, 3.63) is 18.0 Å². The second kappa shape index (κ2) is 5.55. The SMILES string of the molecule is CC(C)(C)C1CCN(c2ncc(CBr)cn2)CC1. The second-order valence-electron chi connectivity index (χ2n) is 6.15. The van der Waals surface area contributed by atoms with Crippen molar-refractivity contribution in [1.29, 1.82) is 0 Å². The van der Waals surface area contributed by atoms with Crippen LogP contribution in [0.5, 0.6) is 0 Å². The minimum atomic E-state index is 0.423. The summed E-state index contributed by atoms with van der Waals surface area (Å²) >= 11 is 3.41. The van der Waals surface area contributed by atoms with Gasteiger partial charge in [-0.2, -0.15) is 0 Å². The summed E-state index contributed by atoms with van der Waals surface area (Å²) in [6, 6.07) is 0. The van der Waals surface area contributed by atoms with Crippen LogP contribution in [0.4, 0.5) is 5.95 Å². The zero-order chi connectivity index (χ0) is 13.2. The zero-order valence-electron chi connectivity index (χ0n) is 11.5. The first-order valence-electron chi connectivity index (χ1n) is 6.62. The van der Waals surface area contributed by atoms with Crippen LogP contribution in [0.25, 0.3) is 0 Å². The topological polar surface area (TPSA) is 29.0 Å². The number of alkyl halides is 1. The third-order valence-electron chi connectivity index (χ3n) is 3.85. The first kappa shape index (κ1) is 13.8. The summed E-state index contributed by atoms with van der Waals surface area (Å²) in [6.45, 7) is 9.18. The number of hydrogen-bond donors (Lipinski definition) is 0. The lowest BCUT2D eigenvalue weighted by atomic mass is 9.75. The maximum absolute atomic E-state index is 4.45. The molecule has 0 atom stereocenters. The standard InChI is InChI=1S/C14H22BrN3/c1-14(2,3)12-4-6-18(7-5-12)13-16-9-11(8-15)10-17-13/h9-10,12H,4-8H2,1-3H3. The molecule has 1 aromatic heterocycles. The molecule has 18 heavy (non-hydrogen) atoms. The fraction of sp³-hybridized carbons (Fsp3) is 0.714. The van der Waals surface area contributed by atoms with E-state index in [4.69, 9.17) is 0 Å². The molecule has 0 spiro atoms. The van der Waals surface area contributed by atoms with E-state index in [0.717, 1.165) is 35.8 Å². The zero-order valence-corrected chi connectivity index (χ0v) is 13.1. The molecule has 1 aliphatic rings. The monoisotopic (exact) mass is 311 g/mol. The van der Waals surface area contributed by atoms with Crippen molar-refractivity contribution in [2.75, 3.05) is 18.0 Å². The van der Waals surface area contributed by atoms with Crippen molar-refractivity contribution in [3.8, 4) is 0 Å². The van der Waals surface area contributed by atoms with E-state index in [-0.39, 0.29) is 0 Å². The number of anilines is 1. The Morgan fingerprint density at radius 2 is 1.78 bits per heavy atom. The van der Waals surface area contributed by atoms with Crippen molar-refractivity contribution in [1.82, 2.24) is 9.97 Å². The Hall–Kier alpha value is -0.640. The molecule has 0 saturated carbocycles. The summed E-state index contributed by atoms with van der Waals surface area (Å²) in [5, 5.41) is 0.819. The average molecular weight is 312 g/mol. The second-order valence-corrected chi connectivity index (χ2v) is 6.71. The molecule has 4 heteroatoms. The first-order valence-corrected chi connectivity index (χ1v) is 7.74. The number of halogens is 1. The minimum absolute atomic E-state index is 0.423. The molecule has 0 N–H and O–H groups in total. The molecule has 0 aliphatic carbocycles. The lowest BCUT2D eigenvalue weighted by Crippen LogP contribution is -2.38. The highest BCUT2D eigenvalue weighted by Crippen LogP contribution is 2.34. The molecule has 1 saturated heterocycles. The van der Waals surface area contributed by atoms with E-state index >= 15 is 0 Å². The smallest absolute Gasteiger partial charge is 0.225 e. The van der Waals surface area contributed by atoms with E-state index in [9.17, 15) is 0 Å². The quantitative estimate of drug-likeness (QED) is 0.781.